The third-order valence-electron chi connectivity index (χ3n) is 3.09. The summed E-state index contributed by atoms with van der Waals surface area (Å²) in [4.78, 5) is 3.39. The molecule has 2 aromatic rings. The standard InChI is InChI=1S/C14H21N3OS/c1-11-6-10-19-14(11)13(18-9-8-16(2)3)12-5-7-15-17(12)4/h5-7,10,13H,8-9H2,1-4H3. The first kappa shape index (κ1) is 14.2. The van der Waals surface area contributed by atoms with Gasteiger partial charge in [-0.1, -0.05) is 0 Å². The fourth-order valence-corrected chi connectivity index (χ4v) is 2.93. The van der Waals surface area contributed by atoms with Gasteiger partial charge in [0.25, 0.3) is 0 Å². The number of hydrogen-bond donors (Lipinski definition) is 0. The third-order valence-corrected chi connectivity index (χ3v) is 4.15. The van der Waals surface area contributed by atoms with Gasteiger partial charge in [0.15, 0.2) is 0 Å². The highest BCUT2D eigenvalue weighted by Crippen LogP contribution is 2.31. The van der Waals surface area contributed by atoms with Gasteiger partial charge in [0.05, 0.1) is 12.3 Å². The van der Waals surface area contributed by atoms with Crippen molar-refractivity contribution in [2.45, 2.75) is 13.0 Å². The summed E-state index contributed by atoms with van der Waals surface area (Å²) < 4.78 is 8.00. The second-order valence-corrected chi connectivity index (χ2v) is 5.85. The summed E-state index contributed by atoms with van der Waals surface area (Å²) in [6.45, 7) is 3.75. The predicted molar refractivity (Wildman–Crippen MR) is 78.6 cm³/mol. The van der Waals surface area contributed by atoms with Crippen LogP contribution in [0, 0.1) is 6.92 Å². The lowest BCUT2D eigenvalue weighted by Gasteiger charge is -2.19. The number of thiophene rings is 1. The van der Waals surface area contributed by atoms with Crippen molar-refractivity contribution in [3.63, 3.8) is 0 Å². The van der Waals surface area contributed by atoms with Crippen LogP contribution in [0.1, 0.15) is 22.2 Å². The Morgan fingerprint density at radius 2 is 2.21 bits per heavy atom. The average molecular weight is 279 g/mol. The Kier molecular flexibility index (Phi) is 4.74. The first-order valence-corrected chi connectivity index (χ1v) is 7.25. The van der Waals surface area contributed by atoms with Crippen molar-refractivity contribution in [1.82, 2.24) is 14.7 Å². The molecule has 4 nitrogen and oxygen atoms in total. The molecule has 0 fully saturated rings. The molecule has 2 heterocycles. The maximum atomic E-state index is 6.11. The Morgan fingerprint density at radius 1 is 1.42 bits per heavy atom. The summed E-state index contributed by atoms with van der Waals surface area (Å²) >= 11 is 1.74. The molecule has 2 rings (SSSR count). The number of aryl methyl sites for hydroxylation is 2. The quantitative estimate of drug-likeness (QED) is 0.813. The van der Waals surface area contributed by atoms with Gasteiger partial charge >= 0.3 is 0 Å². The summed E-state index contributed by atoms with van der Waals surface area (Å²) in [5, 5.41) is 6.37. The van der Waals surface area contributed by atoms with Gasteiger partial charge in [-0.05, 0) is 44.1 Å². The van der Waals surface area contributed by atoms with Crippen LogP contribution in [0.25, 0.3) is 0 Å². The van der Waals surface area contributed by atoms with E-state index in [2.05, 4.69) is 42.5 Å². The first-order chi connectivity index (χ1) is 9.09. The molecular formula is C14H21N3OS. The molecule has 0 aliphatic rings. The smallest absolute Gasteiger partial charge is 0.134 e. The lowest BCUT2D eigenvalue weighted by atomic mass is 10.1. The molecule has 0 bridgehead atoms. The lowest BCUT2D eigenvalue weighted by molar-refractivity contribution is 0.0656. The molecular weight excluding hydrogens is 258 g/mol. The van der Waals surface area contributed by atoms with Gasteiger partial charge in [-0.2, -0.15) is 5.10 Å². The van der Waals surface area contributed by atoms with E-state index in [9.17, 15) is 0 Å². The van der Waals surface area contributed by atoms with E-state index >= 15 is 0 Å². The fourth-order valence-electron chi connectivity index (χ4n) is 1.94. The zero-order valence-corrected chi connectivity index (χ0v) is 12.8. The molecule has 0 saturated heterocycles. The van der Waals surface area contributed by atoms with Crippen molar-refractivity contribution >= 4 is 11.3 Å². The molecule has 19 heavy (non-hydrogen) atoms. The molecule has 5 heteroatoms. The highest BCUT2D eigenvalue weighted by atomic mass is 32.1. The van der Waals surface area contributed by atoms with Crippen LogP contribution in [0.2, 0.25) is 0 Å². The number of aromatic nitrogens is 2. The molecule has 104 valence electrons. The van der Waals surface area contributed by atoms with E-state index < -0.39 is 0 Å². The summed E-state index contributed by atoms with van der Waals surface area (Å²) in [6.07, 6.45) is 1.80. The van der Waals surface area contributed by atoms with Gasteiger partial charge in [-0.3, -0.25) is 4.68 Å². The number of likely N-dealkylation sites (N-methyl/N-ethyl adjacent to an activating group) is 1. The minimum absolute atomic E-state index is 0.0209. The van der Waals surface area contributed by atoms with Crippen molar-refractivity contribution in [3.8, 4) is 0 Å². The second kappa shape index (κ2) is 6.32. The van der Waals surface area contributed by atoms with E-state index in [4.69, 9.17) is 4.74 Å². The number of ether oxygens (including phenoxy) is 1. The van der Waals surface area contributed by atoms with E-state index in [1.165, 1.54) is 10.4 Å². The van der Waals surface area contributed by atoms with Gasteiger partial charge in [0.1, 0.15) is 6.10 Å². The molecule has 1 atom stereocenters. The molecule has 0 aliphatic heterocycles. The molecule has 0 spiro atoms. The van der Waals surface area contributed by atoms with Crippen molar-refractivity contribution in [2.75, 3.05) is 27.2 Å². The summed E-state index contributed by atoms with van der Waals surface area (Å²) in [6, 6.07) is 4.16. The largest absolute Gasteiger partial charge is 0.365 e. The minimum atomic E-state index is -0.0209. The molecule has 0 amide bonds. The van der Waals surface area contributed by atoms with Gasteiger partial charge in [0.2, 0.25) is 0 Å². The molecule has 0 aromatic carbocycles. The summed E-state index contributed by atoms with van der Waals surface area (Å²) in [5.41, 5.74) is 2.38. The van der Waals surface area contributed by atoms with Crippen LogP contribution < -0.4 is 0 Å². The van der Waals surface area contributed by atoms with Crippen LogP contribution in [-0.2, 0) is 11.8 Å². The number of rotatable bonds is 6. The van der Waals surface area contributed by atoms with Crippen LogP contribution in [-0.4, -0.2) is 41.9 Å². The normalized spacial score (nSPS) is 13.1. The maximum absolute atomic E-state index is 6.11. The number of nitrogens with zero attached hydrogens (tertiary/aromatic N) is 3. The first-order valence-electron chi connectivity index (χ1n) is 6.38. The third kappa shape index (κ3) is 3.43. The van der Waals surface area contributed by atoms with Crippen molar-refractivity contribution in [2.24, 2.45) is 7.05 Å². The van der Waals surface area contributed by atoms with Crippen LogP contribution in [0.3, 0.4) is 0 Å². The number of hydrogen-bond acceptors (Lipinski definition) is 4. The van der Waals surface area contributed by atoms with E-state index in [0.717, 1.165) is 12.2 Å². The summed E-state index contributed by atoms with van der Waals surface area (Å²) in [7, 11) is 6.07. The van der Waals surface area contributed by atoms with Crippen LogP contribution in [0.5, 0.6) is 0 Å². The summed E-state index contributed by atoms with van der Waals surface area (Å²) in [5.74, 6) is 0. The Labute approximate surface area is 118 Å². The van der Waals surface area contributed by atoms with Crippen molar-refractivity contribution in [3.05, 3.63) is 39.8 Å². The topological polar surface area (TPSA) is 30.3 Å². The zero-order valence-electron chi connectivity index (χ0n) is 12.0. The van der Waals surface area contributed by atoms with Gasteiger partial charge in [-0.15, -0.1) is 11.3 Å². The van der Waals surface area contributed by atoms with E-state index in [1.54, 1.807) is 11.3 Å². The Bertz CT molecular complexity index is 478. The Morgan fingerprint density at radius 3 is 2.74 bits per heavy atom. The highest BCUT2D eigenvalue weighted by Gasteiger charge is 2.21. The highest BCUT2D eigenvalue weighted by molar-refractivity contribution is 7.10. The van der Waals surface area contributed by atoms with Crippen LogP contribution in [0.15, 0.2) is 23.7 Å². The fraction of sp³-hybridized carbons (Fsp3) is 0.500. The van der Waals surface area contributed by atoms with Crippen LogP contribution in [0.4, 0.5) is 0 Å². The maximum Gasteiger partial charge on any atom is 0.134 e. The molecule has 0 aliphatic carbocycles. The monoisotopic (exact) mass is 279 g/mol. The van der Waals surface area contributed by atoms with Gasteiger partial charge in [-0.25, -0.2) is 0 Å². The Hall–Kier alpha value is -1.17. The second-order valence-electron chi connectivity index (χ2n) is 4.90. The van der Waals surface area contributed by atoms with E-state index in [1.807, 2.05) is 24.0 Å². The van der Waals surface area contributed by atoms with E-state index in [-0.39, 0.29) is 6.10 Å². The molecule has 1 unspecified atom stereocenters. The van der Waals surface area contributed by atoms with Crippen LogP contribution >= 0.6 is 11.3 Å². The SMILES string of the molecule is Cc1ccsc1C(OCCN(C)C)c1ccnn1C. The van der Waals surface area contributed by atoms with Gasteiger partial charge < -0.3 is 9.64 Å². The average Bonchev–Trinajstić information content (AvgIpc) is 2.94. The predicted octanol–water partition coefficient (Wildman–Crippen LogP) is 2.46. The Balaban J connectivity index is 2.19. The van der Waals surface area contributed by atoms with E-state index in [0.29, 0.717) is 6.61 Å². The zero-order chi connectivity index (χ0) is 13.8. The minimum Gasteiger partial charge on any atom is -0.365 e. The molecule has 2 aromatic heterocycles. The van der Waals surface area contributed by atoms with Crippen molar-refractivity contribution in [1.29, 1.82) is 0 Å². The molecule has 0 radical (unpaired) electrons. The van der Waals surface area contributed by atoms with Crippen molar-refractivity contribution < 1.29 is 4.74 Å². The lowest BCUT2D eigenvalue weighted by Crippen LogP contribution is -2.20. The molecule has 0 N–H and O–H groups in total. The van der Waals surface area contributed by atoms with Gasteiger partial charge in [0, 0.05) is 24.7 Å². The molecule has 0 saturated carbocycles.